The molecule has 0 saturated heterocycles. The molecular weight excluding hydrogens is 384 g/mol. The Morgan fingerprint density at radius 2 is 1.79 bits per heavy atom. The summed E-state index contributed by atoms with van der Waals surface area (Å²) in [5, 5.41) is 6.67. The average molecular weight is 405 g/mol. The maximum atomic E-state index is 13.1. The number of hydrazone groups is 1. The van der Waals surface area contributed by atoms with Crippen molar-refractivity contribution in [3.63, 3.8) is 0 Å². The molecule has 2 heterocycles. The van der Waals surface area contributed by atoms with Crippen molar-refractivity contribution in [1.29, 1.82) is 0 Å². The van der Waals surface area contributed by atoms with Gasteiger partial charge in [0, 0.05) is 30.2 Å². The van der Waals surface area contributed by atoms with Crippen molar-refractivity contribution in [2.75, 3.05) is 11.9 Å². The lowest BCUT2D eigenvalue weighted by molar-refractivity contribution is 0.190. The molecule has 6 heteroatoms. The van der Waals surface area contributed by atoms with Crippen LogP contribution in [0.15, 0.2) is 72.1 Å². The van der Waals surface area contributed by atoms with Gasteiger partial charge < -0.3 is 0 Å². The van der Waals surface area contributed by atoms with Crippen LogP contribution in [0, 0.1) is 0 Å². The number of benzene rings is 2. The molecule has 0 aliphatic carbocycles. The Labute approximate surface area is 175 Å². The lowest BCUT2D eigenvalue weighted by Gasteiger charge is -2.28. The zero-order chi connectivity index (χ0) is 20.4. The van der Waals surface area contributed by atoms with E-state index in [1.807, 2.05) is 31.2 Å². The van der Waals surface area contributed by atoms with E-state index in [0.717, 1.165) is 22.4 Å². The van der Waals surface area contributed by atoms with E-state index in [2.05, 4.69) is 28.3 Å². The van der Waals surface area contributed by atoms with Gasteiger partial charge in [0.05, 0.1) is 12.3 Å². The minimum absolute atomic E-state index is 0.0811. The van der Waals surface area contributed by atoms with E-state index in [0.29, 0.717) is 11.4 Å². The number of nitrogens with zero attached hydrogens (tertiary/aromatic N) is 4. The fourth-order valence-corrected chi connectivity index (χ4v) is 3.57. The molecule has 1 unspecified atom stereocenters. The van der Waals surface area contributed by atoms with Gasteiger partial charge in [0.25, 0.3) is 0 Å². The summed E-state index contributed by atoms with van der Waals surface area (Å²) >= 11 is 5.96. The largest absolute Gasteiger partial charge is 0.344 e. The Kier molecular flexibility index (Phi) is 5.32. The number of anilines is 1. The number of hydrogen-bond acceptors (Lipinski definition) is 3. The quantitative estimate of drug-likeness (QED) is 0.586. The van der Waals surface area contributed by atoms with E-state index in [4.69, 9.17) is 11.6 Å². The molecule has 5 nitrogen and oxygen atoms in total. The van der Waals surface area contributed by atoms with Crippen molar-refractivity contribution in [2.45, 2.75) is 19.4 Å². The molecule has 29 heavy (non-hydrogen) atoms. The topological polar surface area (TPSA) is 48.8 Å². The molecule has 0 radical (unpaired) electrons. The van der Waals surface area contributed by atoms with Gasteiger partial charge in [-0.2, -0.15) is 5.10 Å². The highest BCUT2D eigenvalue weighted by Crippen LogP contribution is 2.26. The number of rotatable bonds is 2. The second-order valence-electron chi connectivity index (χ2n) is 7.11. The molecule has 146 valence electrons. The summed E-state index contributed by atoms with van der Waals surface area (Å²) in [6.07, 6.45) is 6.06. The number of hydrogen-bond donors (Lipinski definition) is 0. The second kappa shape index (κ2) is 8.05. The number of urea groups is 1. The van der Waals surface area contributed by atoms with Crippen LogP contribution in [-0.2, 0) is 6.42 Å². The third-order valence-corrected chi connectivity index (χ3v) is 5.36. The predicted octanol–water partition coefficient (Wildman–Crippen LogP) is 5.24. The van der Waals surface area contributed by atoms with E-state index in [9.17, 15) is 4.79 Å². The van der Waals surface area contributed by atoms with Crippen LogP contribution in [0.3, 0.4) is 0 Å². The molecule has 0 spiro atoms. The number of pyridine rings is 1. The highest BCUT2D eigenvalue weighted by Gasteiger charge is 2.26. The number of amides is 2. The molecular formula is C23H21ClN4O. The molecule has 1 aliphatic heterocycles. The van der Waals surface area contributed by atoms with Crippen molar-refractivity contribution >= 4 is 29.5 Å². The van der Waals surface area contributed by atoms with Crippen LogP contribution in [0.1, 0.15) is 18.1 Å². The summed E-state index contributed by atoms with van der Waals surface area (Å²) in [6, 6.07) is 17.2. The lowest BCUT2D eigenvalue weighted by atomic mass is 9.96. The third-order valence-electron chi connectivity index (χ3n) is 5.11. The predicted molar refractivity (Wildman–Crippen MR) is 118 cm³/mol. The Bertz CT molecular complexity index is 1050. The Hall–Kier alpha value is -3.18. The van der Waals surface area contributed by atoms with E-state index in [1.54, 1.807) is 47.7 Å². The molecule has 2 aromatic carbocycles. The van der Waals surface area contributed by atoms with Crippen molar-refractivity contribution in [2.24, 2.45) is 5.10 Å². The van der Waals surface area contributed by atoms with Gasteiger partial charge in [0.1, 0.15) is 0 Å². The van der Waals surface area contributed by atoms with Gasteiger partial charge in [-0.25, -0.2) is 9.80 Å². The van der Waals surface area contributed by atoms with Gasteiger partial charge in [0.15, 0.2) is 0 Å². The first-order valence-corrected chi connectivity index (χ1v) is 9.80. The Morgan fingerprint density at radius 3 is 2.52 bits per heavy atom. The van der Waals surface area contributed by atoms with Crippen LogP contribution < -0.4 is 4.90 Å². The first kappa shape index (κ1) is 19.2. The van der Waals surface area contributed by atoms with Gasteiger partial charge >= 0.3 is 6.03 Å². The minimum Gasteiger partial charge on any atom is -0.296 e. The van der Waals surface area contributed by atoms with Crippen LogP contribution in [0.2, 0.25) is 5.02 Å². The van der Waals surface area contributed by atoms with Crippen LogP contribution >= 0.6 is 11.6 Å². The summed E-state index contributed by atoms with van der Waals surface area (Å²) in [7, 11) is 1.74. The Morgan fingerprint density at radius 1 is 1.07 bits per heavy atom. The van der Waals surface area contributed by atoms with Crippen LogP contribution in [0.4, 0.5) is 10.5 Å². The fraction of sp³-hybridized carbons (Fsp3) is 0.174. The standard InChI is InChI=1S/C23H21ClN4O/c1-16-13-20-14-18(17-9-11-25-12-10-17)3-4-19(20)15-26-28(16)23(29)27(2)22-7-5-21(24)6-8-22/h3-12,14-16H,13H2,1-2H3. The molecule has 0 bridgehead atoms. The number of fused-ring (bicyclic) bond motifs is 1. The molecule has 4 rings (SSSR count). The number of carbonyl (C=O) groups excluding carboxylic acids is 1. The van der Waals surface area contributed by atoms with E-state index >= 15 is 0 Å². The van der Waals surface area contributed by atoms with Gasteiger partial charge in [-0.05, 0) is 72.0 Å². The fourth-order valence-electron chi connectivity index (χ4n) is 3.44. The summed E-state index contributed by atoms with van der Waals surface area (Å²) in [6.45, 7) is 2.01. The number of halogens is 1. The monoisotopic (exact) mass is 404 g/mol. The highest BCUT2D eigenvalue weighted by atomic mass is 35.5. The summed E-state index contributed by atoms with van der Waals surface area (Å²) < 4.78 is 0. The number of carbonyl (C=O) groups is 1. The van der Waals surface area contributed by atoms with Crippen LogP contribution in [0.5, 0.6) is 0 Å². The molecule has 0 saturated carbocycles. The first-order valence-electron chi connectivity index (χ1n) is 9.43. The van der Waals surface area contributed by atoms with Gasteiger partial charge in [0.2, 0.25) is 0 Å². The molecule has 2 amide bonds. The zero-order valence-electron chi connectivity index (χ0n) is 16.3. The van der Waals surface area contributed by atoms with Gasteiger partial charge in [-0.15, -0.1) is 0 Å². The maximum Gasteiger partial charge on any atom is 0.344 e. The molecule has 0 fully saturated rings. The van der Waals surface area contributed by atoms with E-state index < -0.39 is 0 Å². The molecule has 1 aromatic heterocycles. The van der Waals surface area contributed by atoms with Crippen LogP contribution in [0.25, 0.3) is 11.1 Å². The lowest BCUT2D eigenvalue weighted by Crippen LogP contribution is -2.43. The molecule has 1 aliphatic rings. The van der Waals surface area contributed by atoms with Crippen molar-refractivity contribution in [1.82, 2.24) is 9.99 Å². The van der Waals surface area contributed by atoms with E-state index in [1.165, 1.54) is 5.56 Å². The Balaban J connectivity index is 1.58. The van der Waals surface area contributed by atoms with Crippen molar-refractivity contribution < 1.29 is 4.79 Å². The van der Waals surface area contributed by atoms with Crippen molar-refractivity contribution in [3.8, 4) is 11.1 Å². The third kappa shape index (κ3) is 4.00. The average Bonchev–Trinajstić information content (AvgIpc) is 2.91. The maximum absolute atomic E-state index is 13.1. The molecule has 1 atom stereocenters. The normalized spacial score (nSPS) is 15.6. The summed E-state index contributed by atoms with van der Waals surface area (Å²) in [5.41, 5.74) is 5.21. The van der Waals surface area contributed by atoms with Gasteiger partial charge in [-0.3, -0.25) is 9.88 Å². The SMILES string of the molecule is CC1Cc2cc(-c3ccncc3)ccc2C=NN1C(=O)N(C)c1ccc(Cl)cc1. The first-order chi connectivity index (χ1) is 14.0. The molecule has 3 aromatic rings. The van der Waals surface area contributed by atoms with E-state index in [-0.39, 0.29) is 12.1 Å². The van der Waals surface area contributed by atoms with Crippen LogP contribution in [-0.4, -0.2) is 35.3 Å². The van der Waals surface area contributed by atoms with Crippen molar-refractivity contribution in [3.05, 3.63) is 83.1 Å². The molecule has 0 N–H and O–H groups in total. The summed E-state index contributed by atoms with van der Waals surface area (Å²) in [4.78, 5) is 18.8. The zero-order valence-corrected chi connectivity index (χ0v) is 17.0. The number of aromatic nitrogens is 1. The smallest absolute Gasteiger partial charge is 0.296 e. The van der Waals surface area contributed by atoms with Gasteiger partial charge in [-0.1, -0.05) is 29.8 Å². The highest BCUT2D eigenvalue weighted by molar-refractivity contribution is 6.30. The second-order valence-corrected chi connectivity index (χ2v) is 7.55. The minimum atomic E-state index is -0.182. The summed E-state index contributed by atoms with van der Waals surface area (Å²) in [5.74, 6) is 0.